The van der Waals surface area contributed by atoms with Gasteiger partial charge in [0.05, 0.1) is 5.69 Å². The molecule has 94 valence electrons. The number of pyridine rings is 1. The monoisotopic (exact) mass is 242 g/mol. The number of hydrogen-bond acceptors (Lipinski definition) is 3. The topological polar surface area (TPSA) is 82.2 Å². The standard InChI is InChI=1S/C11H15FN2O3/c1-11(2,3)9(10(16)17)14-7-4-8(15)13-5-6(7)12/h4-5,9H,1-3H3,(H,16,17)(H2,13,14,15)/t9-/m1/s1. The van der Waals surface area contributed by atoms with Crippen molar-refractivity contribution in [2.24, 2.45) is 5.41 Å². The Morgan fingerprint density at radius 1 is 1.53 bits per heavy atom. The van der Waals surface area contributed by atoms with E-state index >= 15 is 0 Å². The van der Waals surface area contributed by atoms with Crippen LogP contribution in [0.25, 0.3) is 0 Å². The molecular weight excluding hydrogens is 227 g/mol. The average molecular weight is 242 g/mol. The number of carboxylic acids is 1. The van der Waals surface area contributed by atoms with E-state index < -0.39 is 28.8 Å². The molecule has 0 aromatic carbocycles. The van der Waals surface area contributed by atoms with E-state index in [0.717, 1.165) is 12.3 Å². The lowest BCUT2D eigenvalue weighted by atomic mass is 9.86. The van der Waals surface area contributed by atoms with E-state index in [2.05, 4.69) is 10.3 Å². The van der Waals surface area contributed by atoms with Crippen LogP contribution in [0.3, 0.4) is 0 Å². The number of aromatic nitrogens is 1. The van der Waals surface area contributed by atoms with Crippen molar-refractivity contribution in [1.29, 1.82) is 0 Å². The number of hydrogen-bond donors (Lipinski definition) is 3. The zero-order valence-electron chi connectivity index (χ0n) is 9.87. The Bertz CT molecular complexity index is 476. The molecule has 6 heteroatoms. The first-order chi connectivity index (χ1) is 7.71. The third kappa shape index (κ3) is 3.30. The van der Waals surface area contributed by atoms with Gasteiger partial charge in [0.15, 0.2) is 5.82 Å². The van der Waals surface area contributed by atoms with Crippen LogP contribution in [-0.2, 0) is 4.79 Å². The lowest BCUT2D eigenvalue weighted by molar-refractivity contribution is -0.140. The van der Waals surface area contributed by atoms with Gasteiger partial charge in [0.2, 0.25) is 5.56 Å². The summed E-state index contributed by atoms with van der Waals surface area (Å²) in [6, 6.07) is 0.00981. The number of carboxylic acid groups (broad SMARTS) is 1. The number of H-pyrrole nitrogens is 1. The van der Waals surface area contributed by atoms with Gasteiger partial charge in [-0.15, -0.1) is 0 Å². The molecule has 0 saturated heterocycles. The van der Waals surface area contributed by atoms with E-state index in [1.807, 2.05) is 0 Å². The van der Waals surface area contributed by atoms with Gasteiger partial charge >= 0.3 is 5.97 Å². The van der Waals surface area contributed by atoms with Gasteiger partial charge in [-0.3, -0.25) is 4.79 Å². The van der Waals surface area contributed by atoms with Crippen molar-refractivity contribution in [1.82, 2.24) is 4.98 Å². The second-order valence-electron chi connectivity index (χ2n) is 4.84. The van der Waals surface area contributed by atoms with Crippen molar-refractivity contribution in [2.75, 3.05) is 5.32 Å². The van der Waals surface area contributed by atoms with Gasteiger partial charge < -0.3 is 15.4 Å². The summed E-state index contributed by atoms with van der Waals surface area (Å²) in [5.41, 5.74) is -1.22. The molecule has 0 aliphatic carbocycles. The van der Waals surface area contributed by atoms with Gasteiger partial charge in [-0.05, 0) is 5.41 Å². The Labute approximate surface area is 97.7 Å². The van der Waals surface area contributed by atoms with Gasteiger partial charge in [-0.1, -0.05) is 20.8 Å². The quantitative estimate of drug-likeness (QED) is 0.748. The van der Waals surface area contributed by atoms with Crippen molar-refractivity contribution in [2.45, 2.75) is 26.8 Å². The molecule has 0 amide bonds. The van der Waals surface area contributed by atoms with E-state index in [0.29, 0.717) is 0 Å². The lowest BCUT2D eigenvalue weighted by Gasteiger charge is -2.28. The van der Waals surface area contributed by atoms with Crippen LogP contribution in [0.5, 0.6) is 0 Å². The third-order valence-electron chi connectivity index (χ3n) is 2.29. The van der Waals surface area contributed by atoms with E-state index in [1.165, 1.54) is 0 Å². The zero-order valence-corrected chi connectivity index (χ0v) is 9.87. The number of rotatable bonds is 3. The SMILES string of the molecule is CC(C)(C)[C@H](Nc1cc(=O)[nH]cc1F)C(=O)O. The molecule has 0 aliphatic heterocycles. The van der Waals surface area contributed by atoms with Crippen molar-refractivity contribution in [3.8, 4) is 0 Å². The predicted octanol–water partition coefficient (Wildman–Crippen LogP) is 1.43. The molecule has 1 atom stereocenters. The van der Waals surface area contributed by atoms with Crippen molar-refractivity contribution in [3.63, 3.8) is 0 Å². The largest absolute Gasteiger partial charge is 0.480 e. The molecule has 0 saturated carbocycles. The van der Waals surface area contributed by atoms with Gasteiger partial charge in [0.1, 0.15) is 6.04 Å². The molecule has 0 spiro atoms. The number of aliphatic carboxylic acids is 1. The molecule has 0 bridgehead atoms. The summed E-state index contributed by atoms with van der Waals surface area (Å²) in [6.07, 6.45) is 0.895. The summed E-state index contributed by atoms with van der Waals surface area (Å²) in [5.74, 6) is -1.79. The summed E-state index contributed by atoms with van der Waals surface area (Å²) >= 11 is 0. The Hall–Kier alpha value is -1.85. The molecule has 5 nitrogen and oxygen atoms in total. The molecule has 0 aliphatic rings. The van der Waals surface area contributed by atoms with Crippen LogP contribution >= 0.6 is 0 Å². The molecule has 1 heterocycles. The third-order valence-corrected chi connectivity index (χ3v) is 2.29. The highest BCUT2D eigenvalue weighted by molar-refractivity contribution is 5.78. The molecule has 0 fully saturated rings. The molecule has 17 heavy (non-hydrogen) atoms. The van der Waals surface area contributed by atoms with Crippen LogP contribution < -0.4 is 10.9 Å². The minimum Gasteiger partial charge on any atom is -0.480 e. The fourth-order valence-corrected chi connectivity index (χ4v) is 1.37. The molecule has 1 rings (SSSR count). The van der Waals surface area contributed by atoms with Gasteiger partial charge in [-0.2, -0.15) is 0 Å². The maximum atomic E-state index is 13.4. The Kier molecular flexibility index (Phi) is 3.55. The van der Waals surface area contributed by atoms with E-state index in [1.54, 1.807) is 20.8 Å². The number of aromatic amines is 1. The van der Waals surface area contributed by atoms with Crippen molar-refractivity contribution >= 4 is 11.7 Å². The minimum absolute atomic E-state index is 0.115. The first-order valence-electron chi connectivity index (χ1n) is 5.09. The van der Waals surface area contributed by atoms with E-state index in [9.17, 15) is 14.0 Å². The fraction of sp³-hybridized carbons (Fsp3) is 0.455. The summed E-state index contributed by atoms with van der Waals surface area (Å²) < 4.78 is 13.4. The second-order valence-corrected chi connectivity index (χ2v) is 4.84. The van der Waals surface area contributed by atoms with E-state index in [-0.39, 0.29) is 5.69 Å². The molecule has 3 N–H and O–H groups in total. The van der Waals surface area contributed by atoms with Gasteiger partial charge in [-0.25, -0.2) is 9.18 Å². The summed E-state index contributed by atoms with van der Waals surface area (Å²) in [5, 5.41) is 11.6. The highest BCUT2D eigenvalue weighted by Gasteiger charge is 2.31. The number of anilines is 1. The Morgan fingerprint density at radius 2 is 2.12 bits per heavy atom. The maximum Gasteiger partial charge on any atom is 0.326 e. The van der Waals surface area contributed by atoms with Crippen LogP contribution in [-0.4, -0.2) is 22.1 Å². The first-order valence-corrected chi connectivity index (χ1v) is 5.09. The van der Waals surface area contributed by atoms with Gasteiger partial charge in [0.25, 0.3) is 0 Å². The number of carbonyl (C=O) groups is 1. The number of nitrogens with one attached hydrogen (secondary N) is 2. The van der Waals surface area contributed by atoms with Crippen LogP contribution in [0, 0.1) is 11.2 Å². The van der Waals surface area contributed by atoms with Crippen LogP contribution in [0.15, 0.2) is 17.1 Å². The van der Waals surface area contributed by atoms with Crippen LogP contribution in [0.2, 0.25) is 0 Å². The lowest BCUT2D eigenvalue weighted by Crippen LogP contribution is -2.41. The summed E-state index contributed by atoms with van der Waals surface area (Å²) in [4.78, 5) is 24.3. The molecule has 1 aromatic rings. The zero-order chi connectivity index (χ0) is 13.2. The van der Waals surface area contributed by atoms with Crippen molar-refractivity contribution in [3.05, 3.63) is 28.4 Å². The second kappa shape index (κ2) is 4.57. The van der Waals surface area contributed by atoms with E-state index in [4.69, 9.17) is 5.11 Å². The average Bonchev–Trinajstić information content (AvgIpc) is 2.17. The first kappa shape index (κ1) is 13.2. The smallest absolute Gasteiger partial charge is 0.326 e. The van der Waals surface area contributed by atoms with Crippen molar-refractivity contribution < 1.29 is 14.3 Å². The molecule has 0 radical (unpaired) electrons. The van der Waals surface area contributed by atoms with Crippen LogP contribution in [0.1, 0.15) is 20.8 Å². The predicted molar refractivity (Wildman–Crippen MR) is 61.5 cm³/mol. The molecular formula is C11H15FN2O3. The summed E-state index contributed by atoms with van der Waals surface area (Å²) in [6.45, 7) is 5.14. The fourth-order valence-electron chi connectivity index (χ4n) is 1.37. The highest BCUT2D eigenvalue weighted by atomic mass is 19.1. The normalized spacial score (nSPS) is 13.2. The Morgan fingerprint density at radius 3 is 2.59 bits per heavy atom. The maximum absolute atomic E-state index is 13.4. The minimum atomic E-state index is -1.10. The highest BCUT2D eigenvalue weighted by Crippen LogP contribution is 2.23. The molecule has 1 aromatic heterocycles. The Balaban J connectivity index is 3.06. The van der Waals surface area contributed by atoms with Crippen LogP contribution in [0.4, 0.5) is 10.1 Å². The summed E-state index contributed by atoms with van der Waals surface area (Å²) in [7, 11) is 0. The van der Waals surface area contributed by atoms with Gasteiger partial charge in [0, 0.05) is 12.3 Å². The molecule has 0 unspecified atom stereocenters. The number of halogens is 1.